The highest BCUT2D eigenvalue weighted by molar-refractivity contribution is 5.68. The molecular formula is C22H28N6O3. The molecule has 1 aliphatic rings. The largest absolute Gasteiger partial charge is 0.444 e. The Morgan fingerprint density at radius 1 is 1.26 bits per heavy atom. The van der Waals surface area contributed by atoms with Crippen molar-refractivity contribution >= 4 is 23.4 Å². The van der Waals surface area contributed by atoms with E-state index in [1.54, 1.807) is 0 Å². The van der Waals surface area contributed by atoms with Crippen LogP contribution in [0.15, 0.2) is 30.5 Å². The van der Waals surface area contributed by atoms with E-state index in [0.29, 0.717) is 31.3 Å². The number of hydrogen-bond acceptors (Lipinski definition) is 8. The number of anilines is 3. The number of ether oxygens (including phenoxy) is 2. The molecule has 2 heterocycles. The van der Waals surface area contributed by atoms with Crippen LogP contribution in [0.5, 0.6) is 0 Å². The van der Waals surface area contributed by atoms with Crippen molar-refractivity contribution in [1.82, 2.24) is 15.3 Å². The number of alkyl carbamates (subject to hydrolysis) is 1. The summed E-state index contributed by atoms with van der Waals surface area (Å²) >= 11 is 0. The number of nitrogens with one attached hydrogen (secondary N) is 3. The summed E-state index contributed by atoms with van der Waals surface area (Å²) < 4.78 is 10.9. The van der Waals surface area contributed by atoms with Gasteiger partial charge in [-0.25, -0.2) is 14.8 Å². The molecule has 3 N–H and O–H groups in total. The van der Waals surface area contributed by atoms with E-state index in [4.69, 9.17) is 9.47 Å². The van der Waals surface area contributed by atoms with Crippen LogP contribution >= 0.6 is 0 Å². The molecule has 0 radical (unpaired) electrons. The summed E-state index contributed by atoms with van der Waals surface area (Å²) in [6.45, 7) is 8.36. The van der Waals surface area contributed by atoms with Gasteiger partial charge in [0.25, 0.3) is 0 Å². The molecule has 1 aromatic carbocycles. The third kappa shape index (κ3) is 6.55. The molecule has 0 bridgehead atoms. The highest BCUT2D eigenvalue weighted by Crippen LogP contribution is 2.21. The van der Waals surface area contributed by atoms with Gasteiger partial charge in [-0.15, -0.1) is 0 Å². The second kappa shape index (κ2) is 9.62. The molecule has 9 heteroatoms. The number of aryl methyl sites for hydroxylation is 1. The van der Waals surface area contributed by atoms with Crippen molar-refractivity contribution in [2.75, 3.05) is 23.8 Å². The Balaban J connectivity index is 1.73. The summed E-state index contributed by atoms with van der Waals surface area (Å²) in [6.07, 6.45) is 1.68. The summed E-state index contributed by atoms with van der Waals surface area (Å²) in [5.41, 5.74) is 1.55. The molecule has 2 aromatic rings. The smallest absolute Gasteiger partial charge is 0.408 e. The van der Waals surface area contributed by atoms with Gasteiger partial charge in [0.1, 0.15) is 17.5 Å². The molecule has 3 rings (SSSR count). The molecule has 0 saturated carbocycles. The van der Waals surface area contributed by atoms with Crippen molar-refractivity contribution in [3.8, 4) is 6.07 Å². The molecule has 1 fully saturated rings. The lowest BCUT2D eigenvalue weighted by atomic mass is 10.0. The number of amides is 1. The van der Waals surface area contributed by atoms with Gasteiger partial charge in [0.15, 0.2) is 11.5 Å². The molecule has 0 aliphatic carbocycles. The number of aromatic nitrogens is 2. The zero-order chi connectivity index (χ0) is 22.4. The number of nitriles is 1. The van der Waals surface area contributed by atoms with Gasteiger partial charge < -0.3 is 25.4 Å². The minimum atomic E-state index is -0.586. The first-order valence-electron chi connectivity index (χ1n) is 10.2. The normalized spacial score (nSPS) is 18.5. The van der Waals surface area contributed by atoms with Crippen LogP contribution in [0.1, 0.15) is 38.4 Å². The van der Waals surface area contributed by atoms with Gasteiger partial charge in [-0.1, -0.05) is 17.7 Å². The Bertz CT molecular complexity index is 949. The molecule has 164 valence electrons. The van der Waals surface area contributed by atoms with Crippen LogP contribution < -0.4 is 16.0 Å². The van der Waals surface area contributed by atoms with Crippen molar-refractivity contribution in [2.45, 2.75) is 51.8 Å². The molecule has 0 spiro atoms. The Morgan fingerprint density at radius 3 is 2.68 bits per heavy atom. The van der Waals surface area contributed by atoms with Gasteiger partial charge in [-0.05, 0) is 46.2 Å². The Kier molecular flexibility index (Phi) is 6.92. The number of carbonyl (C=O) groups is 1. The standard InChI is InChI=1S/C22H28N6O3/c1-14-5-7-15(8-6-14)25-20-17(11-23)24-12-19(28-20)26-16-9-10-30-13-18(16)27-21(29)31-22(2,3)4/h5-8,12,16,18H,9-10,13H2,1-4H3,(H,27,29)(H2,25,26,28)/t16-,18+/m1/s1. The fourth-order valence-electron chi connectivity index (χ4n) is 3.10. The van der Waals surface area contributed by atoms with Gasteiger partial charge in [0.2, 0.25) is 0 Å². The monoisotopic (exact) mass is 424 g/mol. The summed E-state index contributed by atoms with van der Waals surface area (Å²) in [4.78, 5) is 21.0. The van der Waals surface area contributed by atoms with Crippen LogP contribution in [-0.4, -0.2) is 47.0 Å². The van der Waals surface area contributed by atoms with Crippen LogP contribution in [-0.2, 0) is 9.47 Å². The van der Waals surface area contributed by atoms with Crippen LogP contribution in [0.25, 0.3) is 0 Å². The Hall–Kier alpha value is -3.38. The first-order chi connectivity index (χ1) is 14.7. The van der Waals surface area contributed by atoms with Crippen molar-refractivity contribution in [3.63, 3.8) is 0 Å². The highest BCUT2D eigenvalue weighted by Gasteiger charge is 2.29. The predicted molar refractivity (Wildman–Crippen MR) is 117 cm³/mol. The fraction of sp³-hybridized carbons (Fsp3) is 0.455. The molecule has 31 heavy (non-hydrogen) atoms. The molecule has 0 unspecified atom stereocenters. The van der Waals surface area contributed by atoms with Gasteiger partial charge in [-0.3, -0.25) is 0 Å². The SMILES string of the molecule is Cc1ccc(Nc2nc(N[C@@H]3CCOC[C@@H]3NC(=O)OC(C)(C)C)cnc2C#N)cc1. The molecule has 1 aliphatic heterocycles. The van der Waals surface area contributed by atoms with Crippen molar-refractivity contribution in [2.24, 2.45) is 0 Å². The van der Waals surface area contributed by atoms with Crippen LogP contribution in [0, 0.1) is 18.3 Å². The quantitative estimate of drug-likeness (QED) is 0.667. The van der Waals surface area contributed by atoms with Crippen molar-refractivity contribution < 1.29 is 14.3 Å². The van der Waals surface area contributed by atoms with Crippen molar-refractivity contribution in [1.29, 1.82) is 5.26 Å². The fourth-order valence-corrected chi connectivity index (χ4v) is 3.10. The molecule has 1 saturated heterocycles. The third-order valence-corrected chi connectivity index (χ3v) is 4.58. The number of hydrogen-bond donors (Lipinski definition) is 3. The maximum atomic E-state index is 12.2. The van der Waals surface area contributed by atoms with E-state index in [0.717, 1.165) is 11.3 Å². The van der Waals surface area contributed by atoms with E-state index in [9.17, 15) is 10.1 Å². The molecule has 1 aromatic heterocycles. The lowest BCUT2D eigenvalue weighted by Gasteiger charge is -2.33. The molecular weight excluding hydrogens is 396 g/mol. The molecule has 2 atom stereocenters. The summed E-state index contributed by atoms with van der Waals surface area (Å²) in [6, 6.07) is 9.40. The number of carbonyl (C=O) groups excluding carboxylic acids is 1. The highest BCUT2D eigenvalue weighted by atomic mass is 16.6. The summed E-state index contributed by atoms with van der Waals surface area (Å²) in [5, 5.41) is 18.7. The van der Waals surface area contributed by atoms with E-state index in [1.165, 1.54) is 6.20 Å². The lowest BCUT2D eigenvalue weighted by molar-refractivity contribution is 0.0318. The van der Waals surface area contributed by atoms with Gasteiger partial charge in [0.05, 0.1) is 24.9 Å². The number of nitrogens with zero attached hydrogens (tertiary/aromatic N) is 3. The van der Waals surface area contributed by atoms with E-state index in [-0.39, 0.29) is 17.8 Å². The van der Waals surface area contributed by atoms with Crippen LogP contribution in [0.4, 0.5) is 22.1 Å². The zero-order valence-electron chi connectivity index (χ0n) is 18.2. The summed E-state index contributed by atoms with van der Waals surface area (Å²) in [7, 11) is 0. The zero-order valence-corrected chi connectivity index (χ0v) is 18.2. The average molecular weight is 425 g/mol. The molecule has 1 amide bonds. The predicted octanol–water partition coefficient (Wildman–Crippen LogP) is 3.49. The number of rotatable bonds is 5. The van der Waals surface area contributed by atoms with Crippen LogP contribution in [0.3, 0.4) is 0 Å². The number of benzene rings is 1. The topological polar surface area (TPSA) is 121 Å². The minimum absolute atomic E-state index is 0.129. The maximum Gasteiger partial charge on any atom is 0.408 e. The average Bonchev–Trinajstić information content (AvgIpc) is 2.70. The Labute approximate surface area is 182 Å². The third-order valence-electron chi connectivity index (χ3n) is 4.58. The second-order valence-corrected chi connectivity index (χ2v) is 8.42. The van der Waals surface area contributed by atoms with Crippen LogP contribution in [0.2, 0.25) is 0 Å². The van der Waals surface area contributed by atoms with Gasteiger partial charge >= 0.3 is 6.09 Å². The summed E-state index contributed by atoms with van der Waals surface area (Å²) in [5.74, 6) is 0.858. The first kappa shape index (κ1) is 22.3. The van der Waals surface area contributed by atoms with Crippen molar-refractivity contribution in [3.05, 3.63) is 41.7 Å². The Morgan fingerprint density at radius 2 is 2.00 bits per heavy atom. The van der Waals surface area contributed by atoms with E-state index >= 15 is 0 Å². The van der Waals surface area contributed by atoms with E-state index in [2.05, 4.69) is 32.0 Å². The van der Waals surface area contributed by atoms with Gasteiger partial charge in [-0.2, -0.15) is 5.26 Å². The minimum Gasteiger partial charge on any atom is -0.444 e. The van der Waals surface area contributed by atoms with E-state index < -0.39 is 11.7 Å². The lowest BCUT2D eigenvalue weighted by Crippen LogP contribution is -2.53. The molecule has 9 nitrogen and oxygen atoms in total. The van der Waals surface area contributed by atoms with E-state index in [1.807, 2.05) is 52.0 Å². The first-order valence-corrected chi connectivity index (χ1v) is 10.2. The maximum absolute atomic E-state index is 12.2. The second-order valence-electron chi connectivity index (χ2n) is 8.42. The van der Waals surface area contributed by atoms with Gasteiger partial charge in [0, 0.05) is 12.3 Å².